The Bertz CT molecular complexity index is 361. The van der Waals surface area contributed by atoms with Crippen LogP contribution < -0.4 is 4.74 Å². The molecule has 0 bridgehead atoms. The van der Waals surface area contributed by atoms with E-state index in [1.54, 1.807) is 18.2 Å². The van der Waals surface area contributed by atoms with Crippen molar-refractivity contribution in [3.63, 3.8) is 0 Å². The van der Waals surface area contributed by atoms with E-state index in [0.717, 1.165) is 0 Å². The summed E-state index contributed by atoms with van der Waals surface area (Å²) in [7, 11) is 1.33. The minimum atomic E-state index is -0.403. The fraction of sp³-hybridized carbons (Fsp3) is 0.364. The van der Waals surface area contributed by atoms with E-state index < -0.39 is 5.97 Å². The number of methoxy groups -OCH3 is 1. The number of esters is 1. The number of carbonyl (C=O) groups is 1. The summed E-state index contributed by atoms with van der Waals surface area (Å²) < 4.78 is 10.0. The fourth-order valence-corrected chi connectivity index (χ4v) is 1.25. The molecule has 0 saturated carbocycles. The molecule has 1 aromatic carbocycles. The molecule has 0 heterocycles. The summed E-state index contributed by atoms with van der Waals surface area (Å²) in [4.78, 5) is 11.2. The molecule has 82 valence electrons. The van der Waals surface area contributed by atoms with Gasteiger partial charge in [0.15, 0.2) is 0 Å². The van der Waals surface area contributed by atoms with Crippen LogP contribution in [0.2, 0.25) is 5.02 Å². The van der Waals surface area contributed by atoms with Gasteiger partial charge in [0, 0.05) is 0 Å². The van der Waals surface area contributed by atoms with Crippen molar-refractivity contribution in [3.8, 4) is 5.75 Å². The highest BCUT2D eigenvalue weighted by molar-refractivity contribution is 6.32. The monoisotopic (exact) mass is 228 g/mol. The van der Waals surface area contributed by atoms with Crippen molar-refractivity contribution in [1.82, 2.24) is 0 Å². The molecule has 1 rings (SSSR count). The van der Waals surface area contributed by atoms with Gasteiger partial charge in [-0.1, -0.05) is 11.6 Å². The van der Waals surface area contributed by atoms with Crippen molar-refractivity contribution in [2.45, 2.75) is 20.0 Å². The highest BCUT2D eigenvalue weighted by Crippen LogP contribution is 2.26. The first-order chi connectivity index (χ1) is 7.04. The summed E-state index contributed by atoms with van der Waals surface area (Å²) in [5.41, 5.74) is 0.428. The van der Waals surface area contributed by atoms with Gasteiger partial charge in [0.1, 0.15) is 5.75 Å². The van der Waals surface area contributed by atoms with E-state index >= 15 is 0 Å². The second-order valence-corrected chi connectivity index (χ2v) is 3.71. The molecule has 4 heteroatoms. The summed E-state index contributed by atoms with van der Waals surface area (Å²) in [6.45, 7) is 3.78. The molecule has 0 unspecified atom stereocenters. The highest BCUT2D eigenvalue weighted by atomic mass is 35.5. The van der Waals surface area contributed by atoms with Gasteiger partial charge >= 0.3 is 5.97 Å². The predicted octanol–water partition coefficient (Wildman–Crippen LogP) is 2.91. The van der Waals surface area contributed by atoms with Gasteiger partial charge in [-0.05, 0) is 32.0 Å². The first-order valence-electron chi connectivity index (χ1n) is 4.59. The normalized spacial score (nSPS) is 10.2. The van der Waals surface area contributed by atoms with Crippen LogP contribution in [0.4, 0.5) is 0 Å². The Morgan fingerprint density at radius 3 is 2.60 bits per heavy atom. The van der Waals surface area contributed by atoms with Crippen LogP contribution in [0.15, 0.2) is 18.2 Å². The van der Waals surface area contributed by atoms with Gasteiger partial charge in [-0.25, -0.2) is 4.79 Å². The Morgan fingerprint density at radius 2 is 2.07 bits per heavy atom. The lowest BCUT2D eigenvalue weighted by Gasteiger charge is -2.11. The molecular formula is C11H13ClO3. The Labute approximate surface area is 93.9 Å². The van der Waals surface area contributed by atoms with E-state index in [4.69, 9.17) is 16.3 Å². The smallest absolute Gasteiger partial charge is 0.337 e. The summed E-state index contributed by atoms with van der Waals surface area (Å²) in [6, 6.07) is 4.79. The second-order valence-electron chi connectivity index (χ2n) is 3.30. The van der Waals surface area contributed by atoms with Crippen molar-refractivity contribution in [3.05, 3.63) is 28.8 Å². The third-order valence-electron chi connectivity index (χ3n) is 1.71. The molecule has 0 spiro atoms. The van der Waals surface area contributed by atoms with Gasteiger partial charge in [-0.3, -0.25) is 0 Å². The number of ether oxygens (including phenoxy) is 2. The molecule has 0 radical (unpaired) electrons. The summed E-state index contributed by atoms with van der Waals surface area (Å²) in [6.07, 6.45) is 0.00963. The molecule has 0 aliphatic rings. The van der Waals surface area contributed by atoms with Crippen molar-refractivity contribution < 1.29 is 14.3 Å². The Morgan fingerprint density at radius 1 is 1.40 bits per heavy atom. The number of hydrogen-bond donors (Lipinski definition) is 0. The van der Waals surface area contributed by atoms with Crippen LogP contribution in [0.1, 0.15) is 24.2 Å². The molecule has 3 nitrogen and oxygen atoms in total. The lowest BCUT2D eigenvalue weighted by Crippen LogP contribution is -2.07. The highest BCUT2D eigenvalue weighted by Gasteiger charge is 2.10. The van der Waals surface area contributed by atoms with Crippen LogP contribution in [0.5, 0.6) is 5.75 Å². The van der Waals surface area contributed by atoms with E-state index in [1.807, 2.05) is 13.8 Å². The molecule has 0 aliphatic heterocycles. The molecule has 0 aromatic heterocycles. The predicted molar refractivity (Wildman–Crippen MR) is 58.6 cm³/mol. The fourth-order valence-electron chi connectivity index (χ4n) is 1.09. The average molecular weight is 229 g/mol. The number of hydrogen-bond acceptors (Lipinski definition) is 3. The lowest BCUT2D eigenvalue weighted by atomic mass is 10.2. The molecule has 0 saturated heterocycles. The average Bonchev–Trinajstić information content (AvgIpc) is 2.19. The van der Waals surface area contributed by atoms with E-state index in [0.29, 0.717) is 16.3 Å². The summed E-state index contributed by atoms with van der Waals surface area (Å²) in [5.74, 6) is 0.0924. The first-order valence-corrected chi connectivity index (χ1v) is 4.97. The van der Waals surface area contributed by atoms with Gasteiger partial charge in [0.05, 0.1) is 23.8 Å². The zero-order valence-electron chi connectivity index (χ0n) is 8.91. The van der Waals surface area contributed by atoms with Gasteiger partial charge in [0.25, 0.3) is 0 Å². The Hall–Kier alpha value is -1.22. The Kier molecular flexibility index (Phi) is 3.97. The van der Waals surface area contributed by atoms with Gasteiger partial charge < -0.3 is 9.47 Å². The van der Waals surface area contributed by atoms with E-state index in [2.05, 4.69) is 4.74 Å². The van der Waals surface area contributed by atoms with Crippen molar-refractivity contribution in [1.29, 1.82) is 0 Å². The zero-order valence-corrected chi connectivity index (χ0v) is 9.67. The van der Waals surface area contributed by atoms with Crippen molar-refractivity contribution in [2.24, 2.45) is 0 Å². The first kappa shape index (κ1) is 11.9. The number of carbonyl (C=O) groups excluding carboxylic acids is 1. The van der Waals surface area contributed by atoms with E-state index in [9.17, 15) is 4.79 Å². The maximum absolute atomic E-state index is 11.2. The zero-order chi connectivity index (χ0) is 11.4. The quantitative estimate of drug-likeness (QED) is 0.747. The third-order valence-corrected chi connectivity index (χ3v) is 2.03. The van der Waals surface area contributed by atoms with Gasteiger partial charge in [0.2, 0.25) is 0 Å². The number of benzene rings is 1. The van der Waals surface area contributed by atoms with Gasteiger partial charge in [-0.2, -0.15) is 0 Å². The largest absolute Gasteiger partial charge is 0.489 e. The SMILES string of the molecule is COC(=O)c1ccc(Cl)c(OC(C)C)c1. The molecule has 0 amide bonds. The standard InChI is InChI=1S/C11H13ClO3/c1-7(2)15-10-6-8(11(13)14-3)4-5-9(10)12/h4-7H,1-3H3. The van der Waals surface area contributed by atoms with Crippen LogP contribution in [-0.2, 0) is 4.74 Å². The topological polar surface area (TPSA) is 35.5 Å². The molecule has 0 fully saturated rings. The van der Waals surface area contributed by atoms with Crippen LogP contribution in [0, 0.1) is 0 Å². The molecule has 0 aliphatic carbocycles. The molecule has 15 heavy (non-hydrogen) atoms. The van der Waals surface area contributed by atoms with E-state index in [-0.39, 0.29) is 6.10 Å². The van der Waals surface area contributed by atoms with Crippen LogP contribution in [-0.4, -0.2) is 19.2 Å². The Balaban J connectivity index is 2.99. The lowest BCUT2D eigenvalue weighted by molar-refractivity contribution is 0.0600. The third kappa shape index (κ3) is 3.13. The molecule has 1 aromatic rings. The molecule has 0 atom stereocenters. The second kappa shape index (κ2) is 5.03. The van der Waals surface area contributed by atoms with Crippen LogP contribution in [0.3, 0.4) is 0 Å². The molecular weight excluding hydrogens is 216 g/mol. The number of halogens is 1. The van der Waals surface area contributed by atoms with Crippen molar-refractivity contribution >= 4 is 17.6 Å². The minimum Gasteiger partial charge on any atom is -0.489 e. The minimum absolute atomic E-state index is 0.00963. The van der Waals surface area contributed by atoms with Crippen molar-refractivity contribution in [2.75, 3.05) is 7.11 Å². The van der Waals surface area contributed by atoms with E-state index in [1.165, 1.54) is 7.11 Å². The summed E-state index contributed by atoms with van der Waals surface area (Å²) >= 11 is 5.91. The maximum Gasteiger partial charge on any atom is 0.337 e. The van der Waals surface area contributed by atoms with Crippen LogP contribution >= 0.6 is 11.6 Å². The van der Waals surface area contributed by atoms with Gasteiger partial charge in [-0.15, -0.1) is 0 Å². The number of rotatable bonds is 3. The molecule has 0 N–H and O–H groups in total. The maximum atomic E-state index is 11.2. The summed E-state index contributed by atoms with van der Waals surface area (Å²) in [5, 5.41) is 0.483. The van der Waals surface area contributed by atoms with Crippen LogP contribution in [0.25, 0.3) is 0 Å².